The Morgan fingerprint density at radius 1 is 1.04 bits per heavy atom. The van der Waals surface area contributed by atoms with Crippen molar-refractivity contribution in [1.29, 1.82) is 0 Å². The predicted octanol–water partition coefficient (Wildman–Crippen LogP) is 6.11. The number of hydrogen-bond acceptors (Lipinski definition) is 8. The van der Waals surface area contributed by atoms with Crippen molar-refractivity contribution in [3.05, 3.63) is 59.1 Å². The van der Waals surface area contributed by atoms with Gasteiger partial charge in [0.2, 0.25) is 0 Å². The fourth-order valence-corrected chi connectivity index (χ4v) is 4.70. The van der Waals surface area contributed by atoms with E-state index in [1.165, 1.54) is 11.8 Å². The van der Waals surface area contributed by atoms with E-state index in [-0.39, 0.29) is 0 Å². The lowest BCUT2D eigenvalue weighted by Gasteiger charge is -2.03. The Morgan fingerprint density at radius 3 is 2.68 bits per heavy atom. The first-order valence-electron chi connectivity index (χ1n) is 8.23. The van der Waals surface area contributed by atoms with Gasteiger partial charge in [-0.3, -0.25) is 0 Å². The normalized spacial score (nSPS) is 11.4. The van der Waals surface area contributed by atoms with Crippen LogP contribution in [0.3, 0.4) is 0 Å². The van der Waals surface area contributed by atoms with E-state index in [1.807, 2.05) is 31.2 Å². The summed E-state index contributed by atoms with van der Waals surface area (Å²) in [6.45, 7) is 1.85. The summed E-state index contributed by atoms with van der Waals surface area (Å²) < 4.78 is 11.1. The molecule has 0 aliphatic rings. The molecule has 4 heterocycles. The third-order valence-corrected chi connectivity index (χ3v) is 6.15. The third kappa shape index (κ3) is 3.09. The number of hydrogen-bond donors (Lipinski definition) is 0. The second-order valence-electron chi connectivity index (χ2n) is 5.88. The molecule has 0 aliphatic heterocycles. The van der Waals surface area contributed by atoms with Crippen LogP contribution in [0, 0.1) is 6.92 Å². The quantitative estimate of drug-likeness (QED) is 0.320. The molecule has 0 unspecified atom stereocenters. The number of thiophene rings is 1. The molecule has 0 saturated heterocycles. The van der Waals surface area contributed by atoms with Gasteiger partial charge in [0.1, 0.15) is 21.9 Å². The Labute approximate surface area is 172 Å². The lowest BCUT2D eigenvalue weighted by atomic mass is 10.1. The fourth-order valence-electron chi connectivity index (χ4n) is 2.82. The Kier molecular flexibility index (Phi) is 4.38. The molecule has 4 aromatic heterocycles. The van der Waals surface area contributed by atoms with Crippen LogP contribution < -0.4 is 0 Å². The molecule has 0 amide bonds. The lowest BCUT2D eigenvalue weighted by molar-refractivity contribution is 0.463. The number of aryl methyl sites for hydroxylation is 1. The number of fused-ring (bicyclic) bond motifs is 1. The molecular formula is C19H11ClN4O2S2. The Bertz CT molecular complexity index is 1280. The smallest absolute Gasteiger partial charge is 0.283 e. The van der Waals surface area contributed by atoms with Crippen LogP contribution in [0.4, 0.5) is 0 Å². The van der Waals surface area contributed by atoms with Crippen LogP contribution in [-0.4, -0.2) is 20.2 Å². The predicted molar refractivity (Wildman–Crippen MR) is 109 cm³/mol. The van der Waals surface area contributed by atoms with Crippen molar-refractivity contribution in [2.75, 3.05) is 0 Å². The molecular weight excluding hydrogens is 416 g/mol. The standard InChI is InChI=1S/C19H11ClN4O2S2/c1-10-13(6-7-25-10)16-23-24-19(26-16)28-18-15-14(8-27-17(15)21-9-22-18)11-2-4-12(20)5-3-11/h2-9H,1H3. The van der Waals surface area contributed by atoms with Gasteiger partial charge in [-0.05, 0) is 42.4 Å². The van der Waals surface area contributed by atoms with Crippen molar-refractivity contribution < 1.29 is 8.83 Å². The minimum atomic E-state index is 0.406. The number of aromatic nitrogens is 4. The van der Waals surface area contributed by atoms with Gasteiger partial charge >= 0.3 is 0 Å². The Hall–Kier alpha value is -2.68. The topological polar surface area (TPSA) is 77.8 Å². The molecule has 0 aliphatic carbocycles. The summed E-state index contributed by atoms with van der Waals surface area (Å²) in [5.74, 6) is 1.15. The molecule has 0 spiro atoms. The van der Waals surface area contributed by atoms with Crippen molar-refractivity contribution in [3.8, 4) is 22.6 Å². The highest BCUT2D eigenvalue weighted by molar-refractivity contribution is 7.99. The van der Waals surface area contributed by atoms with Gasteiger partial charge in [-0.2, -0.15) is 0 Å². The summed E-state index contributed by atoms with van der Waals surface area (Å²) >= 11 is 8.91. The molecule has 1 aromatic carbocycles. The van der Waals surface area contributed by atoms with Gasteiger partial charge in [0.15, 0.2) is 0 Å². The average molecular weight is 427 g/mol. The van der Waals surface area contributed by atoms with Gasteiger partial charge in [0.25, 0.3) is 11.1 Å². The number of rotatable bonds is 4. The number of furan rings is 1. The minimum absolute atomic E-state index is 0.406. The van der Waals surface area contributed by atoms with Crippen LogP contribution >= 0.6 is 34.7 Å². The highest BCUT2D eigenvalue weighted by Crippen LogP contribution is 2.40. The van der Waals surface area contributed by atoms with E-state index in [4.69, 9.17) is 20.4 Å². The van der Waals surface area contributed by atoms with Gasteiger partial charge in [-0.25, -0.2) is 9.97 Å². The molecule has 138 valence electrons. The Balaban J connectivity index is 1.55. The first-order chi connectivity index (χ1) is 13.7. The maximum absolute atomic E-state index is 6.03. The molecule has 0 atom stereocenters. The van der Waals surface area contributed by atoms with E-state index >= 15 is 0 Å². The molecule has 0 radical (unpaired) electrons. The van der Waals surface area contributed by atoms with E-state index in [0.717, 1.165) is 37.7 Å². The molecule has 9 heteroatoms. The average Bonchev–Trinajstić information content (AvgIpc) is 3.42. The zero-order valence-corrected chi connectivity index (χ0v) is 16.8. The lowest BCUT2D eigenvalue weighted by Crippen LogP contribution is -1.86. The number of benzene rings is 1. The molecule has 28 heavy (non-hydrogen) atoms. The molecule has 0 bridgehead atoms. The highest BCUT2D eigenvalue weighted by atomic mass is 35.5. The summed E-state index contributed by atoms with van der Waals surface area (Å²) in [6, 6.07) is 9.51. The van der Waals surface area contributed by atoms with Gasteiger partial charge in [-0.1, -0.05) is 23.7 Å². The van der Waals surface area contributed by atoms with E-state index in [0.29, 0.717) is 16.1 Å². The zero-order chi connectivity index (χ0) is 19.1. The number of nitrogens with zero attached hydrogens (tertiary/aromatic N) is 4. The molecule has 0 N–H and O–H groups in total. The molecule has 5 rings (SSSR count). The summed E-state index contributed by atoms with van der Waals surface area (Å²) in [5, 5.41) is 13.2. The number of halogens is 1. The fraction of sp³-hybridized carbons (Fsp3) is 0.0526. The van der Waals surface area contributed by atoms with Crippen LogP contribution in [0.15, 0.2) is 67.4 Å². The molecule has 6 nitrogen and oxygen atoms in total. The summed E-state index contributed by atoms with van der Waals surface area (Å²) in [7, 11) is 0. The van der Waals surface area contributed by atoms with Crippen molar-refractivity contribution in [2.45, 2.75) is 17.2 Å². The monoisotopic (exact) mass is 426 g/mol. The zero-order valence-electron chi connectivity index (χ0n) is 14.4. The van der Waals surface area contributed by atoms with Crippen molar-refractivity contribution in [3.63, 3.8) is 0 Å². The van der Waals surface area contributed by atoms with Crippen molar-refractivity contribution in [2.24, 2.45) is 0 Å². The van der Waals surface area contributed by atoms with Crippen LogP contribution in [0.2, 0.25) is 5.02 Å². The summed E-state index contributed by atoms with van der Waals surface area (Å²) in [4.78, 5) is 9.74. The largest absolute Gasteiger partial charge is 0.469 e. The SMILES string of the molecule is Cc1occc1-c1nnc(Sc2ncnc3scc(-c4ccc(Cl)cc4)c23)o1. The van der Waals surface area contributed by atoms with Gasteiger partial charge in [0, 0.05) is 16.0 Å². The molecule has 0 fully saturated rings. The van der Waals surface area contributed by atoms with Crippen LogP contribution in [0.5, 0.6) is 0 Å². The van der Waals surface area contributed by atoms with Crippen LogP contribution in [0.1, 0.15) is 5.76 Å². The summed E-state index contributed by atoms with van der Waals surface area (Å²) in [6.07, 6.45) is 3.14. The van der Waals surface area contributed by atoms with Crippen molar-refractivity contribution in [1.82, 2.24) is 20.2 Å². The van der Waals surface area contributed by atoms with Gasteiger partial charge in [-0.15, -0.1) is 21.5 Å². The highest BCUT2D eigenvalue weighted by Gasteiger charge is 2.18. The van der Waals surface area contributed by atoms with E-state index in [2.05, 4.69) is 25.5 Å². The second-order valence-corrected chi connectivity index (χ2v) is 8.12. The van der Waals surface area contributed by atoms with E-state index in [1.54, 1.807) is 30.0 Å². The van der Waals surface area contributed by atoms with Gasteiger partial charge in [0.05, 0.1) is 17.2 Å². The molecule has 5 aromatic rings. The van der Waals surface area contributed by atoms with Crippen LogP contribution in [0.25, 0.3) is 32.8 Å². The van der Waals surface area contributed by atoms with Gasteiger partial charge < -0.3 is 8.83 Å². The third-order valence-electron chi connectivity index (χ3n) is 4.17. The van der Waals surface area contributed by atoms with E-state index in [9.17, 15) is 0 Å². The van der Waals surface area contributed by atoms with E-state index < -0.39 is 0 Å². The second kappa shape index (κ2) is 7.05. The van der Waals surface area contributed by atoms with Crippen molar-refractivity contribution >= 4 is 44.9 Å². The first-order valence-corrected chi connectivity index (χ1v) is 10.3. The summed E-state index contributed by atoms with van der Waals surface area (Å²) in [5.41, 5.74) is 2.88. The molecule has 0 saturated carbocycles. The maximum atomic E-state index is 6.03. The first kappa shape index (κ1) is 17.4. The Morgan fingerprint density at radius 2 is 1.89 bits per heavy atom. The minimum Gasteiger partial charge on any atom is -0.469 e. The maximum Gasteiger partial charge on any atom is 0.283 e. The van der Waals surface area contributed by atoms with Crippen LogP contribution in [-0.2, 0) is 0 Å².